The second-order valence-electron chi connectivity index (χ2n) is 5.98. The summed E-state index contributed by atoms with van der Waals surface area (Å²) in [5.41, 5.74) is 2.17. The van der Waals surface area contributed by atoms with Crippen molar-refractivity contribution in [3.05, 3.63) is 77.2 Å². The minimum atomic E-state index is -0.695. The van der Waals surface area contributed by atoms with Gasteiger partial charge in [0, 0.05) is 12.5 Å². The van der Waals surface area contributed by atoms with Gasteiger partial charge in [0.25, 0.3) is 5.91 Å². The molecule has 5 nitrogen and oxygen atoms in total. The molecular weight excluding hydrogens is 323 g/mol. The Bertz CT molecular complexity index is 938. The van der Waals surface area contributed by atoms with E-state index in [0.29, 0.717) is 6.42 Å². The van der Waals surface area contributed by atoms with Crippen LogP contribution in [0, 0.1) is 5.82 Å². The number of aromatic nitrogens is 1. The van der Waals surface area contributed by atoms with Crippen LogP contribution in [0.5, 0.6) is 0 Å². The molecule has 0 spiro atoms. The van der Waals surface area contributed by atoms with Crippen molar-refractivity contribution >= 4 is 5.91 Å². The second kappa shape index (κ2) is 6.14. The van der Waals surface area contributed by atoms with E-state index in [4.69, 9.17) is 4.52 Å². The fourth-order valence-electron chi connectivity index (χ4n) is 3.13. The summed E-state index contributed by atoms with van der Waals surface area (Å²) in [7, 11) is 0. The van der Waals surface area contributed by atoms with E-state index in [1.807, 2.05) is 24.3 Å². The van der Waals surface area contributed by atoms with E-state index in [2.05, 4.69) is 10.5 Å². The van der Waals surface area contributed by atoms with Crippen LogP contribution in [-0.2, 0) is 6.42 Å². The molecule has 0 aliphatic heterocycles. The van der Waals surface area contributed by atoms with Crippen LogP contribution in [0.2, 0.25) is 0 Å². The number of hydrogen-bond acceptors (Lipinski definition) is 4. The number of hydrogen-bond donors (Lipinski definition) is 2. The summed E-state index contributed by atoms with van der Waals surface area (Å²) >= 11 is 0. The summed E-state index contributed by atoms with van der Waals surface area (Å²) < 4.78 is 18.9. The first-order valence-corrected chi connectivity index (χ1v) is 7.92. The van der Waals surface area contributed by atoms with Gasteiger partial charge in [0.1, 0.15) is 5.82 Å². The minimum absolute atomic E-state index is 0.0369. The molecule has 2 aromatic carbocycles. The summed E-state index contributed by atoms with van der Waals surface area (Å²) in [6.07, 6.45) is -0.209. The molecule has 1 amide bonds. The number of carbonyl (C=O) groups excluding carboxylic acids is 1. The Kier molecular flexibility index (Phi) is 3.82. The summed E-state index contributed by atoms with van der Waals surface area (Å²) in [6.45, 7) is 0. The largest absolute Gasteiger partial charge is 0.390 e. The highest BCUT2D eigenvalue weighted by molar-refractivity contribution is 5.93. The Morgan fingerprint density at radius 1 is 1.20 bits per heavy atom. The fraction of sp³-hybridized carbons (Fsp3) is 0.158. The summed E-state index contributed by atoms with van der Waals surface area (Å²) in [5.74, 6) is -0.756. The molecule has 6 heteroatoms. The SMILES string of the molecule is O=C(NC1c2ccccc2CC1O)c1cc(-c2ccccc2F)on1. The number of nitrogens with zero attached hydrogens (tertiary/aromatic N) is 1. The molecule has 3 aromatic rings. The number of benzene rings is 2. The topological polar surface area (TPSA) is 75.4 Å². The number of nitrogens with one attached hydrogen (secondary N) is 1. The number of rotatable bonds is 3. The van der Waals surface area contributed by atoms with Crippen LogP contribution >= 0.6 is 0 Å². The molecule has 25 heavy (non-hydrogen) atoms. The molecule has 1 heterocycles. The maximum absolute atomic E-state index is 13.8. The molecule has 1 aliphatic rings. The van der Waals surface area contributed by atoms with Crippen molar-refractivity contribution in [2.24, 2.45) is 0 Å². The van der Waals surface area contributed by atoms with Crippen LogP contribution in [0.4, 0.5) is 4.39 Å². The van der Waals surface area contributed by atoms with Crippen LogP contribution in [0.25, 0.3) is 11.3 Å². The van der Waals surface area contributed by atoms with Crippen molar-refractivity contribution in [3.63, 3.8) is 0 Å². The molecule has 0 fully saturated rings. The first kappa shape index (κ1) is 15.5. The Hall–Kier alpha value is -2.99. The first-order chi connectivity index (χ1) is 12.1. The third-order valence-corrected chi connectivity index (χ3v) is 4.37. The Morgan fingerprint density at radius 3 is 2.80 bits per heavy atom. The first-order valence-electron chi connectivity index (χ1n) is 7.92. The number of aliphatic hydroxyl groups is 1. The van der Waals surface area contributed by atoms with Crippen molar-refractivity contribution in [3.8, 4) is 11.3 Å². The van der Waals surface area contributed by atoms with Gasteiger partial charge in [0.05, 0.1) is 17.7 Å². The molecule has 4 rings (SSSR count). The van der Waals surface area contributed by atoms with E-state index < -0.39 is 23.9 Å². The van der Waals surface area contributed by atoms with E-state index in [0.717, 1.165) is 11.1 Å². The van der Waals surface area contributed by atoms with Gasteiger partial charge < -0.3 is 14.9 Å². The highest BCUT2D eigenvalue weighted by Gasteiger charge is 2.32. The second-order valence-corrected chi connectivity index (χ2v) is 5.98. The number of fused-ring (bicyclic) bond motifs is 1. The van der Waals surface area contributed by atoms with Gasteiger partial charge in [-0.3, -0.25) is 4.79 Å². The van der Waals surface area contributed by atoms with Crippen LogP contribution in [-0.4, -0.2) is 22.3 Å². The maximum Gasteiger partial charge on any atom is 0.274 e. The van der Waals surface area contributed by atoms with E-state index in [1.54, 1.807) is 18.2 Å². The smallest absolute Gasteiger partial charge is 0.274 e. The van der Waals surface area contributed by atoms with Crippen molar-refractivity contribution in [2.75, 3.05) is 0 Å². The molecule has 0 radical (unpaired) electrons. The molecule has 126 valence electrons. The van der Waals surface area contributed by atoms with Crippen LogP contribution in [0.15, 0.2) is 59.1 Å². The summed E-state index contributed by atoms with van der Waals surface area (Å²) in [6, 6.07) is 14.6. The van der Waals surface area contributed by atoms with Crippen molar-refractivity contribution in [1.29, 1.82) is 0 Å². The van der Waals surface area contributed by atoms with Gasteiger partial charge in [-0.2, -0.15) is 0 Å². The quantitative estimate of drug-likeness (QED) is 0.770. The minimum Gasteiger partial charge on any atom is -0.390 e. The molecule has 2 N–H and O–H groups in total. The van der Waals surface area contributed by atoms with Crippen LogP contribution in [0.3, 0.4) is 0 Å². The normalized spacial score (nSPS) is 18.8. The Labute approximate surface area is 143 Å². The third-order valence-electron chi connectivity index (χ3n) is 4.37. The van der Waals surface area contributed by atoms with Gasteiger partial charge in [-0.1, -0.05) is 41.6 Å². The zero-order chi connectivity index (χ0) is 17.4. The molecule has 0 saturated heterocycles. The van der Waals surface area contributed by atoms with Gasteiger partial charge in [0.15, 0.2) is 11.5 Å². The molecule has 0 bridgehead atoms. The monoisotopic (exact) mass is 338 g/mol. The number of halogens is 1. The van der Waals surface area contributed by atoms with E-state index >= 15 is 0 Å². The molecule has 1 aromatic heterocycles. The Balaban J connectivity index is 1.56. The predicted molar refractivity (Wildman–Crippen MR) is 88.3 cm³/mol. The average molecular weight is 338 g/mol. The summed E-state index contributed by atoms with van der Waals surface area (Å²) in [4.78, 5) is 12.4. The highest BCUT2D eigenvalue weighted by Crippen LogP contribution is 2.31. The highest BCUT2D eigenvalue weighted by atomic mass is 19.1. The van der Waals surface area contributed by atoms with Crippen LogP contribution < -0.4 is 5.32 Å². The van der Waals surface area contributed by atoms with Gasteiger partial charge in [-0.05, 0) is 23.3 Å². The average Bonchev–Trinajstić information content (AvgIpc) is 3.21. The van der Waals surface area contributed by atoms with E-state index in [9.17, 15) is 14.3 Å². The van der Waals surface area contributed by atoms with Crippen molar-refractivity contribution < 1.29 is 18.8 Å². The van der Waals surface area contributed by atoms with Crippen LogP contribution in [0.1, 0.15) is 27.7 Å². The number of carbonyl (C=O) groups is 1. The van der Waals surface area contributed by atoms with Gasteiger partial charge >= 0.3 is 0 Å². The fourth-order valence-corrected chi connectivity index (χ4v) is 3.13. The Morgan fingerprint density at radius 2 is 1.96 bits per heavy atom. The lowest BCUT2D eigenvalue weighted by Crippen LogP contribution is -2.34. The lowest BCUT2D eigenvalue weighted by atomic mass is 10.1. The predicted octanol–water partition coefficient (Wildman–Crippen LogP) is 2.87. The van der Waals surface area contributed by atoms with Gasteiger partial charge in [0.2, 0.25) is 0 Å². The van der Waals surface area contributed by atoms with Gasteiger partial charge in [-0.15, -0.1) is 0 Å². The zero-order valence-corrected chi connectivity index (χ0v) is 13.1. The molecule has 0 saturated carbocycles. The van der Waals surface area contributed by atoms with E-state index in [-0.39, 0.29) is 17.0 Å². The molecule has 2 unspecified atom stereocenters. The molecule has 2 atom stereocenters. The molecule has 1 aliphatic carbocycles. The van der Waals surface area contributed by atoms with E-state index in [1.165, 1.54) is 12.1 Å². The maximum atomic E-state index is 13.8. The van der Waals surface area contributed by atoms with Gasteiger partial charge in [-0.25, -0.2) is 4.39 Å². The molecular formula is C19H15FN2O3. The number of aliphatic hydroxyl groups excluding tert-OH is 1. The van der Waals surface area contributed by atoms with Crippen molar-refractivity contribution in [1.82, 2.24) is 10.5 Å². The standard InChI is InChI=1S/C19H15FN2O3/c20-14-8-4-3-7-13(14)17-10-15(22-25-17)19(24)21-18-12-6-2-1-5-11(12)9-16(18)23/h1-8,10,16,18,23H,9H2,(H,21,24). The number of amides is 1. The summed E-state index contributed by atoms with van der Waals surface area (Å²) in [5, 5.41) is 16.7. The lowest BCUT2D eigenvalue weighted by Gasteiger charge is -2.16. The zero-order valence-electron chi connectivity index (χ0n) is 13.1. The van der Waals surface area contributed by atoms with Crippen molar-refractivity contribution in [2.45, 2.75) is 18.6 Å². The third kappa shape index (κ3) is 2.81. The lowest BCUT2D eigenvalue weighted by molar-refractivity contribution is 0.0849.